The Bertz CT molecular complexity index is 1710. The molecule has 0 aliphatic carbocycles. The van der Waals surface area contributed by atoms with E-state index in [4.69, 9.17) is 4.74 Å². The van der Waals surface area contributed by atoms with Crippen molar-refractivity contribution in [3.8, 4) is 0 Å². The van der Waals surface area contributed by atoms with Crippen molar-refractivity contribution in [1.82, 2.24) is 0 Å². The topological polar surface area (TPSA) is 29.5 Å². The van der Waals surface area contributed by atoms with Crippen LogP contribution in [0.5, 0.6) is 0 Å². The molecule has 44 heavy (non-hydrogen) atoms. The number of nitrogens with zero attached hydrogens (tertiary/aromatic N) is 1. The van der Waals surface area contributed by atoms with E-state index in [0.717, 1.165) is 35.5 Å². The molecule has 0 atom stereocenters. The van der Waals surface area contributed by atoms with Crippen molar-refractivity contribution < 1.29 is 9.53 Å². The molecule has 0 heterocycles. The Morgan fingerprint density at radius 1 is 0.682 bits per heavy atom. The zero-order chi connectivity index (χ0) is 30.9. The number of carbonyl (C=O) groups excluding carboxylic acids is 1. The van der Waals surface area contributed by atoms with Gasteiger partial charge >= 0.3 is 5.97 Å². The molecule has 0 fully saturated rings. The van der Waals surface area contributed by atoms with Gasteiger partial charge in [-0.15, -0.1) is 0 Å². The van der Waals surface area contributed by atoms with Crippen LogP contribution in [0.4, 0.5) is 17.1 Å². The lowest BCUT2D eigenvalue weighted by molar-refractivity contribution is -0.139. The van der Waals surface area contributed by atoms with E-state index in [1.165, 1.54) is 33.4 Å². The second kappa shape index (κ2) is 14.3. The predicted molar refractivity (Wildman–Crippen MR) is 185 cm³/mol. The molecule has 5 aromatic carbocycles. The van der Waals surface area contributed by atoms with E-state index in [1.54, 1.807) is 6.92 Å². The molecule has 0 radical (unpaired) electrons. The molecule has 0 aromatic heterocycles. The summed E-state index contributed by atoms with van der Waals surface area (Å²) in [7, 11) is 0. The fourth-order valence-corrected chi connectivity index (χ4v) is 5.09. The fourth-order valence-electron chi connectivity index (χ4n) is 5.09. The molecule has 0 unspecified atom stereocenters. The van der Waals surface area contributed by atoms with Crippen LogP contribution in [0.2, 0.25) is 0 Å². The monoisotopic (exact) mass is 577 g/mol. The van der Waals surface area contributed by atoms with Crippen molar-refractivity contribution in [2.45, 2.75) is 33.6 Å². The summed E-state index contributed by atoms with van der Waals surface area (Å²) in [6.45, 7) is 9.91. The summed E-state index contributed by atoms with van der Waals surface area (Å²) < 4.78 is 5.25. The summed E-state index contributed by atoms with van der Waals surface area (Å²) in [4.78, 5) is 13.9. The van der Waals surface area contributed by atoms with Crippen LogP contribution in [0.1, 0.15) is 46.7 Å². The first kappa shape index (κ1) is 30.3. The molecule has 0 aliphatic heterocycles. The van der Waals surface area contributed by atoms with Crippen molar-refractivity contribution in [2.24, 2.45) is 0 Å². The summed E-state index contributed by atoms with van der Waals surface area (Å²) >= 11 is 0. The summed E-state index contributed by atoms with van der Waals surface area (Å²) in [6, 6.07) is 45.3. The number of aryl methyl sites for hydroxylation is 3. The van der Waals surface area contributed by atoms with Gasteiger partial charge < -0.3 is 9.64 Å². The van der Waals surface area contributed by atoms with E-state index >= 15 is 0 Å². The van der Waals surface area contributed by atoms with E-state index in [2.05, 4.69) is 159 Å². The molecule has 0 N–H and O–H groups in total. The van der Waals surface area contributed by atoms with Crippen molar-refractivity contribution in [3.63, 3.8) is 0 Å². The van der Waals surface area contributed by atoms with E-state index in [0.29, 0.717) is 12.2 Å². The summed E-state index contributed by atoms with van der Waals surface area (Å²) in [6.07, 6.45) is 3.87. The minimum atomic E-state index is -0.331. The van der Waals surface area contributed by atoms with Gasteiger partial charge in [0.25, 0.3) is 0 Å². The first-order chi connectivity index (χ1) is 21.4. The Morgan fingerprint density at radius 2 is 1.18 bits per heavy atom. The normalized spacial score (nSPS) is 11.2. The highest BCUT2D eigenvalue weighted by molar-refractivity contribution is 5.92. The van der Waals surface area contributed by atoms with Gasteiger partial charge in [0.1, 0.15) is 0 Å². The Morgan fingerprint density at radius 3 is 1.75 bits per heavy atom. The number of ether oxygens (including phenoxy) is 1. The predicted octanol–water partition coefficient (Wildman–Crippen LogP) is 10.4. The molecule has 3 nitrogen and oxygen atoms in total. The minimum Gasteiger partial charge on any atom is -0.462 e. The van der Waals surface area contributed by atoms with Crippen LogP contribution in [0.3, 0.4) is 0 Å². The van der Waals surface area contributed by atoms with E-state index in [1.807, 2.05) is 0 Å². The molecule has 0 amide bonds. The number of esters is 1. The molecule has 220 valence electrons. The molecule has 0 bridgehead atoms. The summed E-state index contributed by atoms with van der Waals surface area (Å²) in [5.74, 6) is -0.331. The molecule has 0 spiro atoms. The molecular weight excluding hydrogens is 538 g/mol. The maximum Gasteiger partial charge on any atom is 0.333 e. The second-order valence-corrected chi connectivity index (χ2v) is 11.2. The van der Waals surface area contributed by atoms with Gasteiger partial charge in [-0.3, -0.25) is 0 Å². The Kier molecular flexibility index (Phi) is 9.89. The average molecular weight is 578 g/mol. The van der Waals surface area contributed by atoms with Crippen molar-refractivity contribution in [2.75, 3.05) is 11.5 Å². The maximum absolute atomic E-state index is 11.6. The lowest BCUT2D eigenvalue weighted by atomic mass is 9.95. The van der Waals surface area contributed by atoms with Gasteiger partial charge in [-0.05, 0) is 104 Å². The van der Waals surface area contributed by atoms with Crippen molar-refractivity contribution in [3.05, 3.63) is 173 Å². The van der Waals surface area contributed by atoms with Crippen LogP contribution in [0.15, 0.2) is 140 Å². The zero-order valence-electron chi connectivity index (χ0n) is 25.8. The van der Waals surface area contributed by atoms with Gasteiger partial charge in [0.2, 0.25) is 0 Å². The quantitative estimate of drug-likeness (QED) is 0.0677. The lowest BCUT2D eigenvalue weighted by Gasteiger charge is -2.26. The standard InChI is InChI=1S/C41H39NO2/c1-30(2)41(43)44-28-8-9-33-16-24-38(25-17-33)42(37-22-14-32(4)15-23-37)39-26-18-34(19-27-39)29-40(35-10-6-5-7-11-35)36-20-12-31(3)13-21-36/h5-7,10-27,29H,1,8-9,28H2,2-4H3/b40-29+. The summed E-state index contributed by atoms with van der Waals surface area (Å²) in [5, 5.41) is 0. The van der Waals surface area contributed by atoms with Crippen LogP contribution in [-0.4, -0.2) is 12.6 Å². The zero-order valence-corrected chi connectivity index (χ0v) is 25.8. The third-order valence-electron chi connectivity index (χ3n) is 7.59. The van der Waals surface area contributed by atoms with Crippen molar-refractivity contribution >= 4 is 34.7 Å². The highest BCUT2D eigenvalue weighted by atomic mass is 16.5. The number of anilines is 3. The number of carbonyl (C=O) groups is 1. The smallest absolute Gasteiger partial charge is 0.333 e. The van der Waals surface area contributed by atoms with Gasteiger partial charge in [-0.2, -0.15) is 0 Å². The van der Waals surface area contributed by atoms with Gasteiger partial charge in [0, 0.05) is 22.6 Å². The lowest BCUT2D eigenvalue weighted by Crippen LogP contribution is -2.10. The first-order valence-corrected chi connectivity index (χ1v) is 15.1. The third-order valence-corrected chi connectivity index (χ3v) is 7.59. The first-order valence-electron chi connectivity index (χ1n) is 15.1. The van der Waals surface area contributed by atoms with Crippen LogP contribution in [0.25, 0.3) is 11.6 Å². The largest absolute Gasteiger partial charge is 0.462 e. The molecule has 0 aliphatic rings. The average Bonchev–Trinajstić information content (AvgIpc) is 3.05. The van der Waals surface area contributed by atoms with Crippen molar-refractivity contribution in [1.29, 1.82) is 0 Å². The molecule has 0 saturated carbocycles. The van der Waals surface area contributed by atoms with Gasteiger partial charge in [-0.25, -0.2) is 4.79 Å². The van der Waals surface area contributed by atoms with Gasteiger partial charge in [0.05, 0.1) is 6.61 Å². The highest BCUT2D eigenvalue weighted by Crippen LogP contribution is 2.35. The number of rotatable bonds is 11. The Hall–Kier alpha value is -5.15. The van der Waals surface area contributed by atoms with Crippen LogP contribution in [0, 0.1) is 13.8 Å². The van der Waals surface area contributed by atoms with E-state index in [-0.39, 0.29) is 5.97 Å². The number of hydrogen-bond donors (Lipinski definition) is 0. The molecule has 0 saturated heterocycles. The second-order valence-electron chi connectivity index (χ2n) is 11.2. The van der Waals surface area contributed by atoms with E-state index < -0.39 is 0 Å². The number of benzene rings is 5. The minimum absolute atomic E-state index is 0.331. The van der Waals surface area contributed by atoms with Gasteiger partial charge in [-0.1, -0.05) is 109 Å². The van der Waals surface area contributed by atoms with E-state index in [9.17, 15) is 4.79 Å². The van der Waals surface area contributed by atoms with Crippen LogP contribution < -0.4 is 4.90 Å². The highest BCUT2D eigenvalue weighted by Gasteiger charge is 2.13. The van der Waals surface area contributed by atoms with Crippen LogP contribution >= 0.6 is 0 Å². The Labute approximate surface area is 261 Å². The molecule has 5 aromatic rings. The third kappa shape index (κ3) is 7.81. The Balaban J connectivity index is 1.41. The maximum atomic E-state index is 11.6. The van der Waals surface area contributed by atoms with Crippen LogP contribution in [-0.2, 0) is 16.0 Å². The SMILES string of the molecule is C=C(C)C(=O)OCCCc1ccc(N(c2ccc(C)cc2)c2ccc(/C=C(\c3ccccc3)c3ccc(C)cc3)cc2)cc1. The number of hydrogen-bond acceptors (Lipinski definition) is 3. The summed E-state index contributed by atoms with van der Waals surface area (Å²) in [5.41, 5.74) is 12.1. The van der Waals surface area contributed by atoms with Gasteiger partial charge in [0.15, 0.2) is 0 Å². The fraction of sp³-hybridized carbons (Fsp3) is 0.146. The molecule has 3 heteroatoms. The molecular formula is C41H39NO2. The molecule has 5 rings (SSSR count).